The van der Waals surface area contributed by atoms with Gasteiger partial charge in [0.1, 0.15) is 16.6 Å². The molecular weight excluding hydrogens is 266 g/mol. The minimum Gasteiger partial charge on any atom is -0.383 e. The van der Waals surface area contributed by atoms with Crippen LogP contribution in [0.1, 0.15) is 16.8 Å². The molecule has 0 spiro atoms. The molecule has 0 aliphatic carbocycles. The van der Waals surface area contributed by atoms with E-state index in [-0.39, 0.29) is 11.5 Å². The molecule has 7 nitrogen and oxygen atoms in total. The predicted octanol–water partition coefficient (Wildman–Crippen LogP) is 2.20. The quantitative estimate of drug-likeness (QED) is 0.641. The van der Waals surface area contributed by atoms with Crippen molar-refractivity contribution in [1.82, 2.24) is 9.97 Å². The number of anilines is 2. The summed E-state index contributed by atoms with van der Waals surface area (Å²) < 4.78 is 0. The third kappa shape index (κ3) is 3.38. The van der Waals surface area contributed by atoms with Gasteiger partial charge in [-0.3, -0.25) is 10.1 Å². The van der Waals surface area contributed by atoms with E-state index in [0.29, 0.717) is 12.4 Å². The molecular formula is C11H13N5O2S. The summed E-state index contributed by atoms with van der Waals surface area (Å²) in [6.07, 6.45) is 2.77. The first-order valence-electron chi connectivity index (χ1n) is 5.68. The Morgan fingerprint density at radius 2 is 2.32 bits per heavy atom. The maximum absolute atomic E-state index is 10.7. The monoisotopic (exact) mass is 279 g/mol. The molecule has 0 bridgehead atoms. The summed E-state index contributed by atoms with van der Waals surface area (Å²) in [5.41, 5.74) is 5.44. The van der Waals surface area contributed by atoms with Crippen LogP contribution in [0.5, 0.6) is 0 Å². The normalized spacial score (nSPS) is 10.4. The first-order chi connectivity index (χ1) is 9.08. The van der Waals surface area contributed by atoms with Crippen molar-refractivity contribution < 1.29 is 4.92 Å². The Balaban J connectivity index is 2.08. The largest absolute Gasteiger partial charge is 0.383 e. The topological polar surface area (TPSA) is 107 Å². The molecule has 0 amide bonds. The number of nitro groups is 1. The summed E-state index contributed by atoms with van der Waals surface area (Å²) in [6.45, 7) is 2.53. The molecule has 0 aromatic carbocycles. The molecule has 3 N–H and O–H groups in total. The van der Waals surface area contributed by atoms with Gasteiger partial charge in [0.25, 0.3) is 5.69 Å². The van der Waals surface area contributed by atoms with E-state index in [1.165, 1.54) is 17.0 Å². The Hall–Kier alpha value is -2.22. The van der Waals surface area contributed by atoms with Crippen molar-refractivity contribution in [2.75, 3.05) is 11.1 Å². The number of pyridine rings is 1. The number of aromatic nitrogens is 2. The summed E-state index contributed by atoms with van der Waals surface area (Å²) in [6, 6.07) is 2.58. The molecule has 0 aliphatic rings. The zero-order valence-corrected chi connectivity index (χ0v) is 11.1. The van der Waals surface area contributed by atoms with Crippen molar-refractivity contribution >= 4 is 28.7 Å². The highest BCUT2D eigenvalue weighted by atomic mass is 32.1. The molecule has 2 aromatic rings. The maximum Gasteiger partial charge on any atom is 0.276 e. The van der Waals surface area contributed by atoms with Crippen molar-refractivity contribution in [2.24, 2.45) is 0 Å². The standard InChI is InChI=1S/C11H13N5O2S/c1-2-8-5-14-11(19-8)6-13-10-4-7(16(17)18)3-9(12)15-10/h3-5H,2,6H2,1H3,(H3,12,13,15). The van der Waals surface area contributed by atoms with Crippen LogP contribution in [0, 0.1) is 10.1 Å². The molecule has 2 aromatic heterocycles. The lowest BCUT2D eigenvalue weighted by Crippen LogP contribution is -2.03. The van der Waals surface area contributed by atoms with E-state index in [1.807, 2.05) is 6.20 Å². The molecule has 0 saturated carbocycles. The van der Waals surface area contributed by atoms with Crippen LogP contribution in [0.4, 0.5) is 17.3 Å². The van der Waals surface area contributed by atoms with Crippen LogP contribution >= 0.6 is 11.3 Å². The molecule has 0 saturated heterocycles. The van der Waals surface area contributed by atoms with E-state index >= 15 is 0 Å². The van der Waals surface area contributed by atoms with E-state index in [2.05, 4.69) is 22.2 Å². The van der Waals surface area contributed by atoms with Crippen LogP contribution in [0.2, 0.25) is 0 Å². The number of nitrogens with one attached hydrogen (secondary N) is 1. The van der Waals surface area contributed by atoms with Gasteiger partial charge in [-0.1, -0.05) is 6.92 Å². The minimum atomic E-state index is -0.498. The van der Waals surface area contributed by atoms with Gasteiger partial charge >= 0.3 is 0 Å². The molecule has 0 unspecified atom stereocenters. The molecule has 19 heavy (non-hydrogen) atoms. The highest BCUT2D eigenvalue weighted by molar-refractivity contribution is 7.11. The first kappa shape index (κ1) is 13.2. The van der Waals surface area contributed by atoms with Crippen LogP contribution in [0.25, 0.3) is 0 Å². The number of aryl methyl sites for hydroxylation is 1. The molecule has 100 valence electrons. The van der Waals surface area contributed by atoms with Gasteiger partial charge in [-0.15, -0.1) is 11.3 Å². The molecule has 2 heterocycles. The Bertz CT molecular complexity index is 599. The van der Waals surface area contributed by atoms with E-state index in [0.717, 1.165) is 11.4 Å². The summed E-state index contributed by atoms with van der Waals surface area (Å²) in [4.78, 5) is 19.6. The van der Waals surface area contributed by atoms with Gasteiger partial charge in [0.05, 0.1) is 23.6 Å². The number of nitrogen functional groups attached to an aromatic ring is 1. The summed E-state index contributed by atoms with van der Waals surface area (Å²) >= 11 is 1.60. The van der Waals surface area contributed by atoms with Gasteiger partial charge < -0.3 is 11.1 Å². The molecule has 0 atom stereocenters. The minimum absolute atomic E-state index is 0.0802. The molecule has 0 fully saturated rings. The Kier molecular flexibility index (Phi) is 3.91. The Morgan fingerprint density at radius 1 is 1.53 bits per heavy atom. The van der Waals surface area contributed by atoms with Crippen molar-refractivity contribution in [1.29, 1.82) is 0 Å². The number of hydrogen-bond donors (Lipinski definition) is 2. The fourth-order valence-corrected chi connectivity index (χ4v) is 2.29. The molecule has 0 aliphatic heterocycles. The van der Waals surface area contributed by atoms with Gasteiger partial charge in [-0.25, -0.2) is 9.97 Å². The average molecular weight is 279 g/mol. The lowest BCUT2D eigenvalue weighted by molar-refractivity contribution is -0.384. The van der Waals surface area contributed by atoms with Crippen molar-refractivity contribution in [3.8, 4) is 0 Å². The third-order valence-corrected chi connectivity index (χ3v) is 3.55. The number of thiazole rings is 1. The third-order valence-electron chi connectivity index (χ3n) is 2.41. The molecule has 0 radical (unpaired) electrons. The second-order valence-corrected chi connectivity index (χ2v) is 5.02. The smallest absolute Gasteiger partial charge is 0.276 e. The van der Waals surface area contributed by atoms with Crippen LogP contribution in [0.3, 0.4) is 0 Å². The second kappa shape index (κ2) is 5.61. The lowest BCUT2D eigenvalue weighted by Gasteiger charge is -2.04. The zero-order chi connectivity index (χ0) is 13.8. The number of nitrogens with zero attached hydrogens (tertiary/aromatic N) is 3. The van der Waals surface area contributed by atoms with Gasteiger partial charge in [0.2, 0.25) is 0 Å². The van der Waals surface area contributed by atoms with Crippen LogP contribution in [-0.2, 0) is 13.0 Å². The Labute approximate surface area is 113 Å². The van der Waals surface area contributed by atoms with Crippen LogP contribution in [-0.4, -0.2) is 14.9 Å². The van der Waals surface area contributed by atoms with Gasteiger partial charge in [0, 0.05) is 11.1 Å². The summed E-state index contributed by atoms with van der Waals surface area (Å²) in [5.74, 6) is 0.491. The van der Waals surface area contributed by atoms with E-state index in [4.69, 9.17) is 5.73 Å². The number of rotatable bonds is 5. The van der Waals surface area contributed by atoms with E-state index in [1.54, 1.807) is 11.3 Å². The SMILES string of the molecule is CCc1cnc(CNc2cc([N+](=O)[O-])cc(N)n2)s1. The van der Waals surface area contributed by atoms with Gasteiger partial charge in [-0.2, -0.15) is 0 Å². The van der Waals surface area contributed by atoms with Crippen molar-refractivity contribution in [3.05, 3.63) is 38.3 Å². The van der Waals surface area contributed by atoms with E-state index < -0.39 is 4.92 Å². The van der Waals surface area contributed by atoms with E-state index in [9.17, 15) is 10.1 Å². The molecule has 2 rings (SSSR count). The summed E-state index contributed by atoms with van der Waals surface area (Å²) in [5, 5.41) is 14.6. The van der Waals surface area contributed by atoms with Gasteiger partial charge in [0.15, 0.2) is 0 Å². The number of nitrogens with two attached hydrogens (primary N) is 1. The average Bonchev–Trinajstić information content (AvgIpc) is 2.83. The zero-order valence-electron chi connectivity index (χ0n) is 10.3. The lowest BCUT2D eigenvalue weighted by atomic mass is 10.3. The fourth-order valence-electron chi connectivity index (χ4n) is 1.49. The first-order valence-corrected chi connectivity index (χ1v) is 6.49. The second-order valence-electron chi connectivity index (χ2n) is 3.82. The highest BCUT2D eigenvalue weighted by Crippen LogP contribution is 2.20. The fraction of sp³-hybridized carbons (Fsp3) is 0.273. The van der Waals surface area contributed by atoms with Crippen LogP contribution in [0.15, 0.2) is 18.3 Å². The summed E-state index contributed by atoms with van der Waals surface area (Å²) in [7, 11) is 0. The van der Waals surface area contributed by atoms with Crippen molar-refractivity contribution in [3.63, 3.8) is 0 Å². The molecule has 8 heteroatoms. The van der Waals surface area contributed by atoms with Crippen molar-refractivity contribution in [2.45, 2.75) is 19.9 Å². The Morgan fingerprint density at radius 3 is 2.95 bits per heavy atom. The van der Waals surface area contributed by atoms with Crippen LogP contribution < -0.4 is 11.1 Å². The van der Waals surface area contributed by atoms with Gasteiger partial charge in [-0.05, 0) is 6.42 Å². The maximum atomic E-state index is 10.7. The highest BCUT2D eigenvalue weighted by Gasteiger charge is 2.10. The predicted molar refractivity (Wildman–Crippen MR) is 74.1 cm³/mol. The number of hydrogen-bond acceptors (Lipinski definition) is 7.